The highest BCUT2D eigenvalue weighted by molar-refractivity contribution is 7.99. The lowest BCUT2D eigenvalue weighted by molar-refractivity contribution is -0.113. The topological polar surface area (TPSA) is 75.3 Å². The highest BCUT2D eigenvalue weighted by Crippen LogP contribution is 2.20. The molecule has 1 amide bonds. The van der Waals surface area contributed by atoms with Gasteiger partial charge in [0.2, 0.25) is 5.91 Å². The first kappa shape index (κ1) is 21.9. The fraction of sp³-hybridized carbons (Fsp3) is 0.174. The summed E-state index contributed by atoms with van der Waals surface area (Å²) in [6, 6.07) is 21.4. The van der Waals surface area contributed by atoms with Crippen molar-refractivity contribution in [3.63, 3.8) is 0 Å². The van der Waals surface area contributed by atoms with Crippen LogP contribution >= 0.6 is 11.8 Å². The molecule has 0 fully saturated rings. The number of carbonyl (C=O) groups excluding carboxylic acids is 1. The van der Waals surface area contributed by atoms with Gasteiger partial charge in [0.05, 0.1) is 10.6 Å². The van der Waals surface area contributed by atoms with E-state index in [1.165, 1.54) is 35.0 Å². The Morgan fingerprint density at radius 1 is 0.867 bits per heavy atom. The molecule has 3 rings (SSSR count). The number of anilines is 2. The zero-order chi connectivity index (χ0) is 21.6. The van der Waals surface area contributed by atoms with Crippen LogP contribution in [0.5, 0.6) is 0 Å². The van der Waals surface area contributed by atoms with Gasteiger partial charge in [0.1, 0.15) is 0 Å². The maximum Gasteiger partial charge on any atom is 0.261 e. The lowest BCUT2D eigenvalue weighted by atomic mass is 10.1. The SMILES string of the molecule is Cc1ccc(NS(=O)(=O)c2ccc(NC(=O)CSCc3ccccc3C)cc2)cc1. The van der Waals surface area contributed by atoms with E-state index in [-0.39, 0.29) is 10.8 Å². The molecule has 0 bridgehead atoms. The predicted octanol–water partition coefficient (Wildman–Crippen LogP) is 4.98. The number of nitrogens with one attached hydrogen (secondary N) is 2. The molecule has 0 aliphatic heterocycles. The van der Waals surface area contributed by atoms with Gasteiger partial charge in [-0.15, -0.1) is 11.8 Å². The molecule has 156 valence electrons. The van der Waals surface area contributed by atoms with Crippen LogP contribution in [0.1, 0.15) is 16.7 Å². The Hall–Kier alpha value is -2.77. The van der Waals surface area contributed by atoms with E-state index in [0.717, 1.165) is 11.3 Å². The Balaban J connectivity index is 1.54. The van der Waals surface area contributed by atoms with Gasteiger partial charge in [-0.25, -0.2) is 8.42 Å². The van der Waals surface area contributed by atoms with Crippen LogP contribution in [0.25, 0.3) is 0 Å². The summed E-state index contributed by atoms with van der Waals surface area (Å²) in [6.07, 6.45) is 0. The van der Waals surface area contributed by atoms with Crippen LogP contribution in [-0.4, -0.2) is 20.1 Å². The number of thioether (sulfide) groups is 1. The van der Waals surface area contributed by atoms with E-state index in [4.69, 9.17) is 0 Å². The molecule has 3 aromatic rings. The van der Waals surface area contributed by atoms with E-state index >= 15 is 0 Å². The van der Waals surface area contributed by atoms with Crippen LogP contribution in [0.3, 0.4) is 0 Å². The molecule has 7 heteroatoms. The number of amides is 1. The molecule has 0 saturated heterocycles. The van der Waals surface area contributed by atoms with Crippen molar-refractivity contribution in [1.82, 2.24) is 0 Å². The average molecular weight is 441 g/mol. The molecule has 2 N–H and O–H groups in total. The molecule has 0 unspecified atom stereocenters. The normalized spacial score (nSPS) is 11.1. The van der Waals surface area contributed by atoms with Crippen molar-refractivity contribution < 1.29 is 13.2 Å². The van der Waals surface area contributed by atoms with Gasteiger partial charge < -0.3 is 5.32 Å². The fourth-order valence-electron chi connectivity index (χ4n) is 2.78. The second kappa shape index (κ2) is 9.82. The molecule has 0 aromatic heterocycles. The Bertz CT molecular complexity index is 1110. The first-order chi connectivity index (χ1) is 14.3. The Morgan fingerprint density at radius 2 is 1.50 bits per heavy atom. The average Bonchev–Trinajstić information content (AvgIpc) is 2.71. The summed E-state index contributed by atoms with van der Waals surface area (Å²) < 4.78 is 27.6. The second-order valence-corrected chi connectivity index (χ2v) is 9.63. The summed E-state index contributed by atoms with van der Waals surface area (Å²) >= 11 is 1.54. The minimum atomic E-state index is -3.69. The number of hydrogen-bond acceptors (Lipinski definition) is 4. The molecular weight excluding hydrogens is 416 g/mol. The lowest BCUT2D eigenvalue weighted by Crippen LogP contribution is -2.15. The van der Waals surface area contributed by atoms with Gasteiger partial charge in [-0.1, -0.05) is 42.0 Å². The zero-order valence-corrected chi connectivity index (χ0v) is 18.5. The minimum Gasteiger partial charge on any atom is -0.325 e. The van der Waals surface area contributed by atoms with Crippen molar-refractivity contribution in [2.24, 2.45) is 0 Å². The van der Waals surface area contributed by atoms with Crippen molar-refractivity contribution in [1.29, 1.82) is 0 Å². The fourth-order valence-corrected chi connectivity index (χ4v) is 4.74. The first-order valence-corrected chi connectivity index (χ1v) is 12.1. The molecule has 30 heavy (non-hydrogen) atoms. The maximum absolute atomic E-state index is 12.5. The third-order valence-electron chi connectivity index (χ3n) is 4.50. The largest absolute Gasteiger partial charge is 0.325 e. The molecular formula is C23H24N2O3S2. The van der Waals surface area contributed by atoms with Crippen LogP contribution in [0.4, 0.5) is 11.4 Å². The Kier molecular flexibility index (Phi) is 7.18. The number of carbonyl (C=O) groups is 1. The van der Waals surface area contributed by atoms with E-state index < -0.39 is 10.0 Å². The summed E-state index contributed by atoms with van der Waals surface area (Å²) in [5.41, 5.74) is 4.54. The lowest BCUT2D eigenvalue weighted by Gasteiger charge is -2.10. The van der Waals surface area contributed by atoms with Crippen LogP contribution in [0.2, 0.25) is 0 Å². The van der Waals surface area contributed by atoms with Gasteiger partial charge in [0, 0.05) is 17.1 Å². The van der Waals surface area contributed by atoms with E-state index in [9.17, 15) is 13.2 Å². The van der Waals surface area contributed by atoms with Crippen molar-refractivity contribution in [2.75, 3.05) is 15.8 Å². The summed E-state index contributed by atoms with van der Waals surface area (Å²) in [6.45, 7) is 3.99. The van der Waals surface area contributed by atoms with E-state index in [1.807, 2.05) is 31.2 Å². The van der Waals surface area contributed by atoms with Crippen LogP contribution in [-0.2, 0) is 20.6 Å². The second-order valence-electron chi connectivity index (χ2n) is 6.96. The van der Waals surface area contributed by atoms with Crippen molar-refractivity contribution in [2.45, 2.75) is 24.5 Å². The summed E-state index contributed by atoms with van der Waals surface area (Å²) in [4.78, 5) is 12.3. The molecule has 0 aliphatic carbocycles. The van der Waals surface area contributed by atoms with E-state index in [2.05, 4.69) is 29.1 Å². The van der Waals surface area contributed by atoms with Gasteiger partial charge in [-0.3, -0.25) is 9.52 Å². The number of benzene rings is 3. The van der Waals surface area contributed by atoms with Gasteiger partial charge in [-0.05, 0) is 61.4 Å². The van der Waals surface area contributed by atoms with Crippen LogP contribution in [0.15, 0.2) is 77.7 Å². The number of hydrogen-bond donors (Lipinski definition) is 2. The van der Waals surface area contributed by atoms with Crippen molar-refractivity contribution >= 4 is 39.1 Å². The third kappa shape index (κ3) is 6.11. The molecule has 0 aliphatic rings. The first-order valence-electron chi connectivity index (χ1n) is 9.45. The number of aryl methyl sites for hydroxylation is 2. The molecule has 0 heterocycles. The standard InChI is InChI=1S/C23H24N2O3S2/c1-17-7-9-21(10-8-17)25-30(27,28)22-13-11-20(12-14-22)24-23(26)16-29-15-19-6-4-3-5-18(19)2/h3-14,25H,15-16H2,1-2H3,(H,24,26). The smallest absolute Gasteiger partial charge is 0.261 e. The van der Waals surface area contributed by atoms with Gasteiger partial charge >= 0.3 is 0 Å². The number of rotatable bonds is 8. The van der Waals surface area contributed by atoms with Gasteiger partial charge in [0.25, 0.3) is 10.0 Å². The molecule has 0 spiro atoms. The van der Waals surface area contributed by atoms with Crippen LogP contribution in [0, 0.1) is 13.8 Å². The third-order valence-corrected chi connectivity index (χ3v) is 6.88. The quantitative estimate of drug-likeness (QED) is 0.518. The molecule has 5 nitrogen and oxygen atoms in total. The van der Waals surface area contributed by atoms with Crippen LogP contribution < -0.4 is 10.0 Å². The molecule has 0 radical (unpaired) electrons. The summed E-state index contributed by atoms with van der Waals surface area (Å²) in [5, 5.41) is 2.80. The Morgan fingerprint density at radius 3 is 2.17 bits per heavy atom. The maximum atomic E-state index is 12.5. The Labute approximate surface area is 182 Å². The molecule has 3 aromatic carbocycles. The van der Waals surface area contributed by atoms with Gasteiger partial charge in [0.15, 0.2) is 0 Å². The number of sulfonamides is 1. The predicted molar refractivity (Wildman–Crippen MR) is 124 cm³/mol. The molecule has 0 atom stereocenters. The molecule has 0 saturated carbocycles. The highest BCUT2D eigenvalue weighted by Gasteiger charge is 2.14. The van der Waals surface area contributed by atoms with Gasteiger partial charge in [-0.2, -0.15) is 0 Å². The van der Waals surface area contributed by atoms with E-state index in [1.54, 1.807) is 24.3 Å². The summed E-state index contributed by atoms with van der Waals surface area (Å²) in [7, 11) is -3.69. The zero-order valence-electron chi connectivity index (χ0n) is 16.9. The highest BCUT2D eigenvalue weighted by atomic mass is 32.2. The summed E-state index contributed by atoms with van der Waals surface area (Å²) in [5.74, 6) is 0.965. The van der Waals surface area contributed by atoms with E-state index in [0.29, 0.717) is 17.1 Å². The van der Waals surface area contributed by atoms with Crippen molar-refractivity contribution in [3.8, 4) is 0 Å². The minimum absolute atomic E-state index is 0.123. The monoisotopic (exact) mass is 440 g/mol. The van der Waals surface area contributed by atoms with Crippen molar-refractivity contribution in [3.05, 3.63) is 89.5 Å².